The number of imidazole rings is 1. The number of thiazole rings is 1. The number of fused-ring (bicyclic) bond motifs is 1. The monoisotopic (exact) mass is 510 g/mol. The van der Waals surface area contributed by atoms with E-state index in [-0.39, 0.29) is 11.3 Å². The molecular formula is C24H20F2N6OS2. The standard InChI is InChI=1S/C24H20F2N6OS2/c1-3-6-34-31-18-5-4-17(25)20(21(18)26)22(33)16-9-28-23-15(16)7-14(8-27-23)19-10-29-24(35-19)32-11-13(2)30-12-32/h4-5,7-12,31H,3,6H2,1-2H3,(H,27,28). The second-order valence-electron chi connectivity index (χ2n) is 7.82. The van der Waals surface area contributed by atoms with Crippen molar-refractivity contribution < 1.29 is 13.6 Å². The molecule has 4 heterocycles. The lowest BCUT2D eigenvalue weighted by atomic mass is 10.0. The van der Waals surface area contributed by atoms with E-state index in [0.717, 1.165) is 39.5 Å². The lowest BCUT2D eigenvalue weighted by Gasteiger charge is -2.10. The molecule has 0 bridgehead atoms. The van der Waals surface area contributed by atoms with Crippen LogP contribution in [0.3, 0.4) is 0 Å². The van der Waals surface area contributed by atoms with Gasteiger partial charge in [-0.3, -0.25) is 9.36 Å². The Morgan fingerprint density at radius 2 is 2.09 bits per heavy atom. The fraction of sp³-hybridized carbons (Fsp3) is 0.167. The minimum absolute atomic E-state index is 0.0683. The molecule has 178 valence electrons. The van der Waals surface area contributed by atoms with E-state index >= 15 is 4.39 Å². The summed E-state index contributed by atoms with van der Waals surface area (Å²) in [6.07, 6.45) is 9.27. The Balaban J connectivity index is 1.51. The SMILES string of the molecule is CCCSNc1ccc(F)c(C(=O)c2c[nH]c3ncc(-c4cnc(-n5cnc(C)c5)s4)cc23)c1F. The number of aromatic amines is 1. The Hall–Kier alpha value is -3.57. The molecule has 0 fully saturated rings. The van der Waals surface area contributed by atoms with Crippen LogP contribution >= 0.6 is 23.3 Å². The van der Waals surface area contributed by atoms with Gasteiger partial charge in [-0.15, -0.1) is 0 Å². The topological polar surface area (TPSA) is 88.5 Å². The lowest BCUT2D eigenvalue weighted by Crippen LogP contribution is -2.09. The van der Waals surface area contributed by atoms with Crippen LogP contribution in [0, 0.1) is 18.6 Å². The molecule has 0 aliphatic heterocycles. The van der Waals surface area contributed by atoms with Crippen molar-refractivity contribution in [1.82, 2.24) is 24.5 Å². The van der Waals surface area contributed by atoms with Crippen LogP contribution in [-0.4, -0.2) is 36.0 Å². The van der Waals surface area contributed by atoms with Crippen molar-refractivity contribution in [3.05, 3.63) is 77.8 Å². The number of ketones is 1. The van der Waals surface area contributed by atoms with Crippen LogP contribution < -0.4 is 4.72 Å². The molecule has 0 radical (unpaired) electrons. The van der Waals surface area contributed by atoms with Crippen LogP contribution in [0.1, 0.15) is 35.0 Å². The molecule has 1 aromatic carbocycles. The van der Waals surface area contributed by atoms with Crippen molar-refractivity contribution >= 4 is 45.8 Å². The van der Waals surface area contributed by atoms with E-state index in [4.69, 9.17) is 0 Å². The van der Waals surface area contributed by atoms with Crippen LogP contribution in [0.2, 0.25) is 0 Å². The number of aromatic nitrogens is 5. The zero-order valence-electron chi connectivity index (χ0n) is 18.8. The number of benzene rings is 1. The van der Waals surface area contributed by atoms with Crippen molar-refractivity contribution in [2.45, 2.75) is 20.3 Å². The molecule has 0 unspecified atom stereocenters. The maximum atomic E-state index is 15.1. The number of H-pyrrole nitrogens is 1. The number of anilines is 1. The molecule has 2 N–H and O–H groups in total. The van der Waals surface area contributed by atoms with Crippen LogP contribution in [0.25, 0.3) is 26.6 Å². The van der Waals surface area contributed by atoms with E-state index < -0.39 is 23.0 Å². The molecule has 0 aliphatic rings. The number of carbonyl (C=O) groups is 1. The van der Waals surface area contributed by atoms with Gasteiger partial charge in [0.1, 0.15) is 17.8 Å². The zero-order valence-corrected chi connectivity index (χ0v) is 20.4. The molecule has 5 rings (SSSR count). The van der Waals surface area contributed by atoms with Gasteiger partial charge in [0, 0.05) is 47.1 Å². The van der Waals surface area contributed by atoms with Crippen LogP contribution in [-0.2, 0) is 0 Å². The van der Waals surface area contributed by atoms with Gasteiger partial charge in [-0.2, -0.15) is 0 Å². The van der Waals surface area contributed by atoms with Gasteiger partial charge < -0.3 is 9.71 Å². The first-order chi connectivity index (χ1) is 17.0. The van der Waals surface area contributed by atoms with E-state index in [0.29, 0.717) is 11.0 Å². The van der Waals surface area contributed by atoms with Crippen LogP contribution in [0.5, 0.6) is 0 Å². The maximum Gasteiger partial charge on any atom is 0.201 e. The second kappa shape index (κ2) is 9.59. The normalized spacial score (nSPS) is 11.3. The number of hydrogen-bond acceptors (Lipinski definition) is 7. The molecule has 5 aromatic rings. The number of carbonyl (C=O) groups excluding carboxylic acids is 1. The molecule has 0 atom stereocenters. The molecule has 4 aromatic heterocycles. The third-order valence-electron chi connectivity index (χ3n) is 5.29. The van der Waals surface area contributed by atoms with Crippen molar-refractivity contribution in [2.24, 2.45) is 0 Å². The van der Waals surface area contributed by atoms with E-state index in [9.17, 15) is 9.18 Å². The van der Waals surface area contributed by atoms with Gasteiger partial charge in [-0.05, 0) is 31.5 Å². The summed E-state index contributed by atoms with van der Waals surface area (Å²) in [4.78, 5) is 30.1. The quantitative estimate of drug-likeness (QED) is 0.148. The first-order valence-corrected chi connectivity index (χ1v) is 12.6. The van der Waals surface area contributed by atoms with Gasteiger partial charge in [0.2, 0.25) is 5.78 Å². The number of rotatable bonds is 8. The second-order valence-corrected chi connectivity index (χ2v) is 9.73. The third-order valence-corrected chi connectivity index (χ3v) is 7.33. The van der Waals surface area contributed by atoms with Crippen LogP contribution in [0.4, 0.5) is 14.5 Å². The van der Waals surface area contributed by atoms with Gasteiger partial charge in [0.25, 0.3) is 0 Å². The number of nitrogens with one attached hydrogen (secondary N) is 2. The largest absolute Gasteiger partial charge is 0.345 e. The van der Waals surface area contributed by atoms with E-state index in [2.05, 4.69) is 24.7 Å². The summed E-state index contributed by atoms with van der Waals surface area (Å²) in [6, 6.07) is 4.17. The lowest BCUT2D eigenvalue weighted by molar-refractivity contribution is 0.103. The van der Waals surface area contributed by atoms with E-state index in [1.807, 2.05) is 24.6 Å². The number of nitrogens with zero attached hydrogens (tertiary/aromatic N) is 4. The van der Waals surface area contributed by atoms with Gasteiger partial charge in [-0.25, -0.2) is 23.7 Å². The van der Waals surface area contributed by atoms with Crippen molar-refractivity contribution in [2.75, 3.05) is 10.5 Å². The van der Waals surface area contributed by atoms with E-state index in [1.54, 1.807) is 24.8 Å². The summed E-state index contributed by atoms with van der Waals surface area (Å²) in [5.41, 5.74) is 1.66. The Kier molecular flexibility index (Phi) is 6.35. The molecule has 11 heteroatoms. The number of halogens is 2. The highest BCUT2D eigenvalue weighted by atomic mass is 32.2. The molecule has 0 saturated heterocycles. The number of aryl methyl sites for hydroxylation is 1. The third kappa shape index (κ3) is 4.44. The summed E-state index contributed by atoms with van der Waals surface area (Å²) in [5, 5.41) is 1.21. The Bertz CT molecular complexity index is 1540. The first kappa shape index (κ1) is 23.2. The minimum atomic E-state index is -0.917. The Morgan fingerprint density at radius 1 is 1.23 bits per heavy atom. The van der Waals surface area contributed by atoms with E-state index in [1.165, 1.54) is 35.5 Å². The summed E-state index contributed by atoms with van der Waals surface area (Å²) < 4.78 is 34.5. The predicted molar refractivity (Wildman–Crippen MR) is 135 cm³/mol. The maximum absolute atomic E-state index is 15.1. The molecule has 7 nitrogen and oxygen atoms in total. The highest BCUT2D eigenvalue weighted by Gasteiger charge is 2.25. The molecule has 35 heavy (non-hydrogen) atoms. The number of pyridine rings is 1. The first-order valence-electron chi connectivity index (χ1n) is 10.8. The minimum Gasteiger partial charge on any atom is -0.345 e. The number of hydrogen-bond donors (Lipinski definition) is 2. The predicted octanol–water partition coefficient (Wildman–Crippen LogP) is 6.16. The van der Waals surface area contributed by atoms with Crippen molar-refractivity contribution in [1.29, 1.82) is 0 Å². The highest BCUT2D eigenvalue weighted by Crippen LogP contribution is 2.32. The smallest absolute Gasteiger partial charge is 0.201 e. The fourth-order valence-electron chi connectivity index (χ4n) is 3.57. The summed E-state index contributed by atoms with van der Waals surface area (Å²) in [7, 11) is 0. The van der Waals surface area contributed by atoms with Gasteiger partial charge in [-0.1, -0.05) is 30.2 Å². The Labute approximate surface area is 207 Å². The molecular weight excluding hydrogens is 490 g/mol. The van der Waals surface area contributed by atoms with Gasteiger partial charge in [0.15, 0.2) is 10.9 Å². The molecule has 0 aliphatic carbocycles. The van der Waals surface area contributed by atoms with Crippen molar-refractivity contribution in [3.63, 3.8) is 0 Å². The zero-order chi connectivity index (χ0) is 24.5. The van der Waals surface area contributed by atoms with Gasteiger partial charge >= 0.3 is 0 Å². The van der Waals surface area contributed by atoms with Gasteiger partial charge in [0.05, 0.1) is 21.8 Å². The molecule has 0 spiro atoms. The van der Waals surface area contributed by atoms with Crippen molar-refractivity contribution in [3.8, 4) is 15.6 Å². The Morgan fingerprint density at radius 3 is 2.86 bits per heavy atom. The summed E-state index contributed by atoms with van der Waals surface area (Å²) in [6.45, 7) is 3.89. The average molecular weight is 511 g/mol. The highest BCUT2D eigenvalue weighted by molar-refractivity contribution is 8.00. The summed E-state index contributed by atoms with van der Waals surface area (Å²) in [5.74, 6) is -1.84. The summed E-state index contributed by atoms with van der Waals surface area (Å²) >= 11 is 2.73. The van der Waals surface area contributed by atoms with Crippen LogP contribution in [0.15, 0.2) is 49.3 Å². The molecule has 0 amide bonds. The molecule has 0 saturated carbocycles. The average Bonchev–Trinajstić information content (AvgIpc) is 3.59. The fourth-order valence-corrected chi connectivity index (χ4v) is 5.04.